The minimum absolute atomic E-state index is 0.0103. The van der Waals surface area contributed by atoms with Crippen LogP contribution in [0.1, 0.15) is 22.6 Å². The van der Waals surface area contributed by atoms with Crippen LogP contribution in [0.25, 0.3) is 76.5 Å². The van der Waals surface area contributed by atoms with Crippen molar-refractivity contribution in [1.82, 2.24) is 0 Å². The summed E-state index contributed by atoms with van der Waals surface area (Å²) in [6.07, 6.45) is 0. The first-order chi connectivity index (χ1) is 26.8. The molecule has 0 N–H and O–H groups in total. The van der Waals surface area contributed by atoms with E-state index in [-0.39, 0.29) is 5.92 Å². The summed E-state index contributed by atoms with van der Waals surface area (Å²) in [6.45, 7) is 0. The zero-order valence-electron chi connectivity index (χ0n) is 29.5. The van der Waals surface area contributed by atoms with Gasteiger partial charge in [0, 0.05) is 17.0 Å². The van der Waals surface area contributed by atoms with E-state index in [4.69, 9.17) is 4.74 Å². The summed E-state index contributed by atoms with van der Waals surface area (Å²) in [5, 5.41) is 9.95. The van der Waals surface area contributed by atoms with Gasteiger partial charge in [0.15, 0.2) is 0 Å². The number of benzene rings is 10. The Morgan fingerprint density at radius 3 is 1.35 bits per heavy atom. The summed E-state index contributed by atoms with van der Waals surface area (Å²) in [4.78, 5) is 0. The molecular formula is C53H34O. The van der Waals surface area contributed by atoms with Crippen molar-refractivity contribution in [2.24, 2.45) is 0 Å². The SMILES string of the molecule is c1ccc(-c2c(-c3ccccc3)c3cc(-c4ccc(C5c6c(ccc7ccccc67)Oc6ccc7ccccc7c65)cc4)ccc3c3ccccc23)cc1. The first kappa shape index (κ1) is 30.6. The normalized spacial score (nSPS) is 12.5. The van der Waals surface area contributed by atoms with E-state index in [0.717, 1.165) is 11.5 Å². The van der Waals surface area contributed by atoms with Crippen LogP contribution in [0.2, 0.25) is 0 Å². The first-order valence-electron chi connectivity index (χ1n) is 18.7. The molecule has 1 heteroatoms. The zero-order valence-corrected chi connectivity index (χ0v) is 29.5. The molecule has 0 saturated carbocycles. The van der Waals surface area contributed by atoms with Gasteiger partial charge in [-0.05, 0) is 100 Å². The molecule has 10 aromatic rings. The van der Waals surface area contributed by atoms with Crippen LogP contribution in [0, 0.1) is 0 Å². The standard InChI is InChI=1S/C53H34O/c1-3-15-37(16-4-1)49-45-22-12-11-21-43(45)44-30-27-40(33-46(44)50(49)38-17-5-2-6-18-38)34-23-25-39(26-24-34)51-52-41-19-9-7-13-35(41)28-31-47(52)54-48-32-29-36-14-8-10-20-42(36)53(48)51/h1-33,51H. The van der Waals surface area contributed by atoms with Crippen molar-refractivity contribution in [1.29, 1.82) is 0 Å². The van der Waals surface area contributed by atoms with Gasteiger partial charge >= 0.3 is 0 Å². The van der Waals surface area contributed by atoms with E-state index in [2.05, 4.69) is 200 Å². The monoisotopic (exact) mass is 686 g/mol. The lowest BCUT2D eigenvalue weighted by Crippen LogP contribution is -2.13. The quantitative estimate of drug-likeness (QED) is 0.167. The Kier molecular flexibility index (Phi) is 7.00. The van der Waals surface area contributed by atoms with Crippen molar-refractivity contribution >= 4 is 43.1 Å². The molecule has 0 unspecified atom stereocenters. The van der Waals surface area contributed by atoms with Crippen LogP contribution >= 0.6 is 0 Å². The molecular weight excluding hydrogens is 653 g/mol. The fourth-order valence-corrected chi connectivity index (χ4v) is 8.97. The van der Waals surface area contributed by atoms with Crippen LogP contribution in [-0.4, -0.2) is 0 Å². The van der Waals surface area contributed by atoms with Crippen molar-refractivity contribution in [2.45, 2.75) is 5.92 Å². The molecule has 0 amide bonds. The average molecular weight is 687 g/mol. The van der Waals surface area contributed by atoms with Crippen molar-refractivity contribution in [2.75, 3.05) is 0 Å². The van der Waals surface area contributed by atoms with E-state index in [9.17, 15) is 0 Å². The predicted molar refractivity (Wildman–Crippen MR) is 227 cm³/mol. The predicted octanol–water partition coefficient (Wildman–Crippen LogP) is 14.6. The first-order valence-corrected chi connectivity index (χ1v) is 18.7. The number of hydrogen-bond acceptors (Lipinski definition) is 1. The topological polar surface area (TPSA) is 9.23 Å². The second kappa shape index (κ2) is 12.3. The summed E-state index contributed by atoms with van der Waals surface area (Å²) in [5.41, 5.74) is 11.1. The van der Waals surface area contributed by atoms with Gasteiger partial charge < -0.3 is 4.74 Å². The Balaban J connectivity index is 1.12. The fourth-order valence-electron chi connectivity index (χ4n) is 8.97. The molecule has 0 aliphatic carbocycles. The molecule has 0 bridgehead atoms. The molecule has 252 valence electrons. The highest BCUT2D eigenvalue weighted by atomic mass is 16.5. The molecule has 1 heterocycles. The Labute approximate surface area is 314 Å². The molecule has 0 radical (unpaired) electrons. The number of fused-ring (bicyclic) bond motifs is 9. The van der Waals surface area contributed by atoms with Gasteiger partial charge in [0.05, 0.1) is 0 Å². The molecule has 1 aliphatic heterocycles. The van der Waals surface area contributed by atoms with Crippen LogP contribution in [0.5, 0.6) is 11.5 Å². The van der Waals surface area contributed by atoms with Gasteiger partial charge in [-0.1, -0.05) is 182 Å². The Morgan fingerprint density at radius 1 is 0.296 bits per heavy atom. The second-order valence-electron chi connectivity index (χ2n) is 14.3. The third kappa shape index (κ3) is 4.79. The van der Waals surface area contributed by atoms with E-state index in [0.29, 0.717) is 0 Å². The average Bonchev–Trinajstić information content (AvgIpc) is 3.25. The summed E-state index contributed by atoms with van der Waals surface area (Å²) >= 11 is 0. The highest BCUT2D eigenvalue weighted by Crippen LogP contribution is 2.52. The number of ether oxygens (including phenoxy) is 1. The van der Waals surface area contributed by atoms with Crippen molar-refractivity contribution in [3.63, 3.8) is 0 Å². The highest BCUT2D eigenvalue weighted by molar-refractivity contribution is 6.22. The summed E-state index contributed by atoms with van der Waals surface area (Å²) < 4.78 is 6.70. The van der Waals surface area contributed by atoms with Gasteiger partial charge in [0.25, 0.3) is 0 Å². The smallest absolute Gasteiger partial charge is 0.132 e. The van der Waals surface area contributed by atoms with E-state index < -0.39 is 0 Å². The van der Waals surface area contributed by atoms with E-state index in [1.165, 1.54) is 93.2 Å². The third-order valence-electron chi connectivity index (χ3n) is 11.4. The van der Waals surface area contributed by atoms with Gasteiger partial charge in [-0.15, -0.1) is 0 Å². The van der Waals surface area contributed by atoms with Gasteiger partial charge in [-0.25, -0.2) is 0 Å². The lowest BCUT2D eigenvalue weighted by Gasteiger charge is -2.31. The highest BCUT2D eigenvalue weighted by Gasteiger charge is 2.32. The van der Waals surface area contributed by atoms with Crippen molar-refractivity contribution in [3.05, 3.63) is 217 Å². The molecule has 1 aliphatic rings. The summed E-state index contributed by atoms with van der Waals surface area (Å²) in [7, 11) is 0. The maximum atomic E-state index is 6.70. The van der Waals surface area contributed by atoms with Gasteiger partial charge in [-0.2, -0.15) is 0 Å². The lowest BCUT2D eigenvalue weighted by atomic mass is 9.78. The molecule has 0 spiro atoms. The van der Waals surface area contributed by atoms with E-state index in [1.54, 1.807) is 0 Å². The third-order valence-corrected chi connectivity index (χ3v) is 11.4. The lowest BCUT2D eigenvalue weighted by molar-refractivity contribution is 0.456. The van der Waals surface area contributed by atoms with Crippen molar-refractivity contribution in [3.8, 4) is 44.9 Å². The summed E-state index contributed by atoms with van der Waals surface area (Å²) in [6, 6.07) is 72.9. The van der Waals surface area contributed by atoms with Gasteiger partial charge in [0.1, 0.15) is 11.5 Å². The van der Waals surface area contributed by atoms with Crippen LogP contribution in [0.4, 0.5) is 0 Å². The minimum Gasteiger partial charge on any atom is -0.457 e. The van der Waals surface area contributed by atoms with Gasteiger partial charge in [-0.3, -0.25) is 0 Å². The molecule has 1 nitrogen and oxygen atoms in total. The van der Waals surface area contributed by atoms with Crippen LogP contribution in [0.15, 0.2) is 200 Å². The molecule has 54 heavy (non-hydrogen) atoms. The molecule has 0 aromatic heterocycles. The second-order valence-corrected chi connectivity index (χ2v) is 14.3. The number of rotatable bonds is 4. The van der Waals surface area contributed by atoms with Crippen molar-refractivity contribution < 1.29 is 4.74 Å². The zero-order chi connectivity index (χ0) is 35.6. The molecule has 0 fully saturated rings. The molecule has 0 saturated heterocycles. The maximum Gasteiger partial charge on any atom is 0.132 e. The van der Waals surface area contributed by atoms with E-state index in [1.807, 2.05) is 0 Å². The number of hydrogen-bond donors (Lipinski definition) is 0. The maximum absolute atomic E-state index is 6.70. The Morgan fingerprint density at radius 2 is 0.759 bits per heavy atom. The largest absolute Gasteiger partial charge is 0.457 e. The Bertz CT molecular complexity index is 2970. The Hall–Kier alpha value is -6.96. The van der Waals surface area contributed by atoms with Crippen LogP contribution < -0.4 is 4.74 Å². The van der Waals surface area contributed by atoms with Crippen LogP contribution in [-0.2, 0) is 0 Å². The minimum atomic E-state index is 0.0103. The van der Waals surface area contributed by atoms with Gasteiger partial charge in [0.2, 0.25) is 0 Å². The van der Waals surface area contributed by atoms with E-state index >= 15 is 0 Å². The summed E-state index contributed by atoms with van der Waals surface area (Å²) in [5.74, 6) is 1.86. The molecule has 10 aromatic carbocycles. The molecule has 0 atom stereocenters. The molecule has 11 rings (SSSR count). The fraction of sp³-hybridized carbons (Fsp3) is 0.0189. The van der Waals surface area contributed by atoms with Crippen LogP contribution in [0.3, 0.4) is 0 Å².